The Morgan fingerprint density at radius 2 is 1.73 bits per heavy atom. The molecule has 0 spiro atoms. The maximum absolute atomic E-state index is 13.5. The minimum atomic E-state index is -1.01. The molecule has 1 unspecified atom stereocenters. The molecule has 4 aromatic rings. The van der Waals surface area contributed by atoms with Crippen molar-refractivity contribution in [1.29, 1.82) is 0 Å². The SMILES string of the molecule is Cc1ccc(C)c(C(O)=C2C(=O)C(=O)N(c3nnc(SCc4ccc(Cl)cc4Cl)s3)C2c2ccc(Cl)c(Cl)c2)c1. The van der Waals surface area contributed by atoms with Crippen LogP contribution in [0.15, 0.2) is 64.5 Å². The van der Waals surface area contributed by atoms with Gasteiger partial charge >= 0.3 is 5.91 Å². The number of Topliss-reactive ketones (excluding diaryl/α,β-unsaturated/α-hetero) is 1. The van der Waals surface area contributed by atoms with Crippen LogP contribution in [0, 0.1) is 13.8 Å². The number of hydrogen-bond acceptors (Lipinski definition) is 7. The molecule has 12 heteroatoms. The molecule has 1 fully saturated rings. The number of aliphatic hydroxyl groups excluding tert-OH is 1. The lowest BCUT2D eigenvalue weighted by molar-refractivity contribution is -0.132. The minimum Gasteiger partial charge on any atom is -0.507 e. The molecule has 1 atom stereocenters. The fourth-order valence-electron chi connectivity index (χ4n) is 4.30. The van der Waals surface area contributed by atoms with E-state index >= 15 is 0 Å². The summed E-state index contributed by atoms with van der Waals surface area (Å²) in [5, 5.41) is 21.7. The van der Waals surface area contributed by atoms with Crippen LogP contribution in [0.3, 0.4) is 0 Å². The van der Waals surface area contributed by atoms with Crippen LogP contribution in [0.4, 0.5) is 5.13 Å². The van der Waals surface area contributed by atoms with Gasteiger partial charge in [-0.25, -0.2) is 0 Å². The lowest BCUT2D eigenvalue weighted by Gasteiger charge is -2.23. The van der Waals surface area contributed by atoms with Crippen molar-refractivity contribution in [2.45, 2.75) is 30.0 Å². The van der Waals surface area contributed by atoms with Crippen molar-refractivity contribution in [3.05, 3.63) is 108 Å². The molecule has 2 heterocycles. The highest BCUT2D eigenvalue weighted by molar-refractivity contribution is 8.00. The van der Waals surface area contributed by atoms with Gasteiger partial charge < -0.3 is 5.11 Å². The molecular weight excluding hydrogens is 632 g/mol. The number of amides is 1. The predicted octanol–water partition coefficient (Wildman–Crippen LogP) is 8.69. The zero-order chi connectivity index (χ0) is 28.7. The van der Waals surface area contributed by atoms with Gasteiger partial charge in [0, 0.05) is 21.4 Å². The molecule has 204 valence electrons. The van der Waals surface area contributed by atoms with Crippen molar-refractivity contribution < 1.29 is 14.7 Å². The number of thioether (sulfide) groups is 1. The van der Waals surface area contributed by atoms with Gasteiger partial charge in [-0.2, -0.15) is 0 Å². The first-order valence-electron chi connectivity index (χ1n) is 11.8. The second kappa shape index (κ2) is 11.7. The highest BCUT2D eigenvalue weighted by Gasteiger charge is 2.48. The standard InChI is InChI=1S/C28H19Cl4N3O3S2/c1-13-3-4-14(2)18(9-13)24(36)22-23(15-6-8-19(30)21(32)10-15)35(26(38)25(22)37)27-33-34-28(40-27)39-12-16-5-7-17(29)11-20(16)31/h3-11,23,36H,12H2,1-2H3. The summed E-state index contributed by atoms with van der Waals surface area (Å²) >= 11 is 27.3. The molecular formula is C28H19Cl4N3O3S2. The molecule has 0 aliphatic carbocycles. The van der Waals surface area contributed by atoms with Crippen molar-refractivity contribution in [2.24, 2.45) is 0 Å². The first-order chi connectivity index (χ1) is 19.0. The van der Waals surface area contributed by atoms with Gasteiger partial charge in [0.15, 0.2) is 4.34 Å². The number of aromatic nitrogens is 2. The van der Waals surface area contributed by atoms with Gasteiger partial charge in [-0.3, -0.25) is 14.5 Å². The van der Waals surface area contributed by atoms with Crippen LogP contribution in [0.2, 0.25) is 20.1 Å². The maximum atomic E-state index is 13.5. The van der Waals surface area contributed by atoms with E-state index in [1.54, 1.807) is 36.4 Å². The first-order valence-corrected chi connectivity index (χ1v) is 15.1. The summed E-state index contributed by atoms with van der Waals surface area (Å²) in [6.45, 7) is 3.70. The zero-order valence-corrected chi connectivity index (χ0v) is 25.6. The molecule has 0 radical (unpaired) electrons. The molecule has 3 aromatic carbocycles. The quantitative estimate of drug-likeness (QED) is 0.0739. The van der Waals surface area contributed by atoms with Crippen molar-refractivity contribution in [3.63, 3.8) is 0 Å². The molecule has 1 aliphatic rings. The Morgan fingerprint density at radius 1 is 0.950 bits per heavy atom. The average molecular weight is 651 g/mol. The highest BCUT2D eigenvalue weighted by atomic mass is 35.5. The van der Waals surface area contributed by atoms with E-state index in [0.717, 1.165) is 28.0 Å². The summed E-state index contributed by atoms with van der Waals surface area (Å²) in [5.41, 5.74) is 3.36. The molecule has 1 aliphatic heterocycles. The van der Waals surface area contributed by atoms with E-state index in [-0.39, 0.29) is 21.5 Å². The fraction of sp³-hybridized carbons (Fsp3) is 0.143. The van der Waals surface area contributed by atoms with Crippen molar-refractivity contribution in [1.82, 2.24) is 10.2 Å². The van der Waals surface area contributed by atoms with Crippen LogP contribution in [0.1, 0.15) is 33.9 Å². The number of aryl methyl sites for hydroxylation is 2. The molecule has 6 nitrogen and oxygen atoms in total. The van der Waals surface area contributed by atoms with Gasteiger partial charge in [0.1, 0.15) is 5.76 Å². The van der Waals surface area contributed by atoms with Crippen molar-refractivity contribution in [3.8, 4) is 0 Å². The normalized spacial score (nSPS) is 16.6. The molecule has 1 saturated heterocycles. The van der Waals surface area contributed by atoms with Gasteiger partial charge in [0.25, 0.3) is 5.78 Å². The summed E-state index contributed by atoms with van der Waals surface area (Å²) in [7, 11) is 0. The van der Waals surface area contributed by atoms with Crippen molar-refractivity contribution >= 4 is 92.1 Å². The number of carbonyl (C=O) groups is 2. The molecule has 40 heavy (non-hydrogen) atoms. The van der Waals surface area contributed by atoms with Crippen LogP contribution < -0.4 is 4.90 Å². The summed E-state index contributed by atoms with van der Waals surface area (Å²) in [4.78, 5) is 28.2. The molecule has 0 saturated carbocycles. The number of halogens is 4. The summed E-state index contributed by atoms with van der Waals surface area (Å²) in [6, 6.07) is 14.6. The number of rotatable bonds is 6. The summed E-state index contributed by atoms with van der Waals surface area (Å²) in [6.07, 6.45) is 0. The number of anilines is 1. The van der Waals surface area contributed by atoms with E-state index < -0.39 is 17.7 Å². The Labute approximate surface area is 258 Å². The van der Waals surface area contributed by atoms with E-state index in [9.17, 15) is 14.7 Å². The van der Waals surface area contributed by atoms with Gasteiger partial charge in [0.05, 0.1) is 21.7 Å². The molecule has 1 amide bonds. The number of hydrogen-bond donors (Lipinski definition) is 1. The van der Waals surface area contributed by atoms with E-state index in [4.69, 9.17) is 46.4 Å². The second-order valence-electron chi connectivity index (χ2n) is 9.04. The van der Waals surface area contributed by atoms with Crippen LogP contribution >= 0.6 is 69.5 Å². The highest BCUT2D eigenvalue weighted by Crippen LogP contribution is 2.45. The van der Waals surface area contributed by atoms with Crippen LogP contribution in [-0.2, 0) is 15.3 Å². The van der Waals surface area contributed by atoms with Crippen LogP contribution in [0.25, 0.3) is 5.76 Å². The van der Waals surface area contributed by atoms with Gasteiger partial charge in [0.2, 0.25) is 5.13 Å². The largest absolute Gasteiger partial charge is 0.507 e. The molecule has 5 rings (SSSR count). The topological polar surface area (TPSA) is 83.4 Å². The van der Waals surface area contributed by atoms with Crippen LogP contribution in [0.5, 0.6) is 0 Å². The first kappa shape index (κ1) is 28.9. The monoisotopic (exact) mass is 649 g/mol. The second-order valence-corrected chi connectivity index (χ2v) is 12.9. The Balaban J connectivity index is 1.57. The van der Waals surface area contributed by atoms with E-state index in [1.807, 2.05) is 32.0 Å². The number of benzene rings is 3. The summed E-state index contributed by atoms with van der Waals surface area (Å²) < 4.78 is 0.560. The third kappa shape index (κ3) is 5.62. The lowest BCUT2D eigenvalue weighted by atomic mass is 9.93. The number of ketones is 1. The Kier molecular flexibility index (Phi) is 8.47. The summed E-state index contributed by atoms with van der Waals surface area (Å²) in [5.74, 6) is -1.47. The molecule has 0 bridgehead atoms. The lowest BCUT2D eigenvalue weighted by Crippen LogP contribution is -2.29. The van der Waals surface area contributed by atoms with E-state index in [0.29, 0.717) is 36.3 Å². The minimum absolute atomic E-state index is 0.0746. The zero-order valence-electron chi connectivity index (χ0n) is 20.9. The third-order valence-corrected chi connectivity index (χ3v) is 9.75. The van der Waals surface area contributed by atoms with Gasteiger partial charge in [-0.15, -0.1) is 10.2 Å². The Morgan fingerprint density at radius 3 is 2.45 bits per heavy atom. The molecule has 1 aromatic heterocycles. The third-order valence-electron chi connectivity index (χ3n) is 6.32. The van der Waals surface area contributed by atoms with E-state index in [1.165, 1.54) is 16.7 Å². The Hall–Kier alpha value is -2.59. The van der Waals surface area contributed by atoms with Crippen molar-refractivity contribution in [2.75, 3.05) is 4.90 Å². The maximum Gasteiger partial charge on any atom is 0.301 e. The smallest absolute Gasteiger partial charge is 0.301 e. The predicted molar refractivity (Wildman–Crippen MR) is 163 cm³/mol. The average Bonchev–Trinajstić information content (AvgIpc) is 3.48. The fourth-order valence-corrected chi connectivity index (χ4v) is 7.03. The van der Waals surface area contributed by atoms with Crippen LogP contribution in [-0.4, -0.2) is 27.0 Å². The van der Waals surface area contributed by atoms with Gasteiger partial charge in [-0.05, 0) is 60.9 Å². The number of nitrogens with zero attached hydrogens (tertiary/aromatic N) is 3. The number of aliphatic hydroxyl groups is 1. The van der Waals surface area contributed by atoms with Gasteiger partial charge in [-0.1, -0.05) is 99.3 Å². The Bertz CT molecular complexity index is 1710. The molecule has 1 N–H and O–H groups in total. The van der Waals surface area contributed by atoms with E-state index in [2.05, 4.69) is 10.2 Å². The number of carbonyl (C=O) groups excluding carboxylic acids is 2.